The van der Waals surface area contributed by atoms with Crippen LogP contribution in [0.15, 0.2) is 49.3 Å². The van der Waals surface area contributed by atoms with E-state index in [1.165, 1.54) is 23.4 Å². The molecule has 1 saturated heterocycles. The maximum absolute atomic E-state index is 12.7. The normalized spacial score (nSPS) is 15.6. The van der Waals surface area contributed by atoms with E-state index < -0.39 is 0 Å². The molecule has 28 heavy (non-hydrogen) atoms. The van der Waals surface area contributed by atoms with E-state index in [4.69, 9.17) is 5.26 Å². The monoisotopic (exact) mass is 376 g/mol. The molecule has 0 radical (unpaired) electrons. The van der Waals surface area contributed by atoms with Crippen LogP contribution >= 0.6 is 0 Å². The quantitative estimate of drug-likeness (QED) is 0.799. The van der Waals surface area contributed by atoms with Gasteiger partial charge in [-0.1, -0.05) is 6.58 Å². The van der Waals surface area contributed by atoms with Crippen molar-refractivity contribution in [3.63, 3.8) is 0 Å². The second-order valence-corrected chi connectivity index (χ2v) is 6.44. The molecule has 0 saturated carbocycles. The molecular formula is C20H20N6O2. The van der Waals surface area contributed by atoms with E-state index in [0.717, 1.165) is 6.42 Å². The number of nitrogens with zero attached hydrogens (tertiary/aromatic N) is 5. The molecule has 0 spiro atoms. The fourth-order valence-electron chi connectivity index (χ4n) is 2.98. The van der Waals surface area contributed by atoms with Gasteiger partial charge in [-0.05, 0) is 36.8 Å². The molecule has 1 aromatic heterocycles. The summed E-state index contributed by atoms with van der Waals surface area (Å²) in [5.41, 5.74) is 1.66. The Bertz CT molecular complexity index is 917. The molecule has 1 aliphatic heterocycles. The lowest BCUT2D eigenvalue weighted by Crippen LogP contribution is -2.32. The molecule has 1 aliphatic rings. The van der Waals surface area contributed by atoms with Crippen molar-refractivity contribution in [2.75, 3.05) is 30.4 Å². The molecule has 1 unspecified atom stereocenters. The number of carbonyl (C=O) groups is 2. The maximum Gasteiger partial charge on any atom is 0.253 e. The van der Waals surface area contributed by atoms with E-state index in [2.05, 4.69) is 21.9 Å². The molecule has 1 aromatic carbocycles. The van der Waals surface area contributed by atoms with Crippen molar-refractivity contribution in [3.8, 4) is 6.07 Å². The zero-order chi connectivity index (χ0) is 20.1. The summed E-state index contributed by atoms with van der Waals surface area (Å²) in [6, 6.07) is 8.94. The third-order valence-electron chi connectivity index (χ3n) is 4.60. The first-order valence-electron chi connectivity index (χ1n) is 8.80. The Labute approximate surface area is 163 Å². The summed E-state index contributed by atoms with van der Waals surface area (Å²) in [6.07, 6.45) is 4.95. The van der Waals surface area contributed by atoms with Crippen LogP contribution in [0.4, 0.5) is 11.6 Å². The maximum atomic E-state index is 12.7. The summed E-state index contributed by atoms with van der Waals surface area (Å²) in [6.45, 7) is 4.64. The first kappa shape index (κ1) is 19.0. The fourth-order valence-corrected chi connectivity index (χ4v) is 2.98. The highest BCUT2D eigenvalue weighted by atomic mass is 16.2. The summed E-state index contributed by atoms with van der Waals surface area (Å²) in [7, 11) is 1.66. The van der Waals surface area contributed by atoms with Gasteiger partial charge in [-0.15, -0.1) is 0 Å². The van der Waals surface area contributed by atoms with Gasteiger partial charge in [-0.25, -0.2) is 9.97 Å². The van der Waals surface area contributed by atoms with Crippen molar-refractivity contribution in [1.82, 2.24) is 14.9 Å². The van der Waals surface area contributed by atoms with Crippen LogP contribution in [0, 0.1) is 11.3 Å². The molecule has 2 heterocycles. The van der Waals surface area contributed by atoms with Gasteiger partial charge in [0, 0.05) is 37.4 Å². The third-order valence-corrected chi connectivity index (χ3v) is 4.60. The Morgan fingerprint density at radius 3 is 2.61 bits per heavy atom. The lowest BCUT2D eigenvalue weighted by Gasteiger charge is -2.19. The van der Waals surface area contributed by atoms with Crippen molar-refractivity contribution in [1.29, 1.82) is 5.26 Å². The van der Waals surface area contributed by atoms with E-state index in [0.29, 0.717) is 35.9 Å². The van der Waals surface area contributed by atoms with Crippen LogP contribution in [0.5, 0.6) is 0 Å². The average molecular weight is 376 g/mol. The summed E-state index contributed by atoms with van der Waals surface area (Å²) < 4.78 is 0. The van der Waals surface area contributed by atoms with E-state index in [9.17, 15) is 9.59 Å². The number of nitrogens with one attached hydrogen (secondary N) is 1. The van der Waals surface area contributed by atoms with Crippen LogP contribution in [-0.2, 0) is 4.79 Å². The van der Waals surface area contributed by atoms with Crippen molar-refractivity contribution < 1.29 is 9.59 Å². The fraction of sp³-hybridized carbons (Fsp3) is 0.250. The van der Waals surface area contributed by atoms with Crippen molar-refractivity contribution in [2.45, 2.75) is 12.5 Å². The van der Waals surface area contributed by atoms with Crippen LogP contribution in [0.1, 0.15) is 22.3 Å². The van der Waals surface area contributed by atoms with Crippen LogP contribution < -0.4 is 10.2 Å². The Balaban J connectivity index is 1.60. The van der Waals surface area contributed by atoms with E-state index in [-0.39, 0.29) is 17.9 Å². The summed E-state index contributed by atoms with van der Waals surface area (Å²) in [5, 5.41) is 12.0. The molecule has 2 amide bonds. The predicted molar refractivity (Wildman–Crippen MR) is 105 cm³/mol. The number of amides is 2. The minimum Gasteiger partial charge on any atom is -0.350 e. The molecule has 8 nitrogen and oxygen atoms in total. The minimum atomic E-state index is -0.211. The van der Waals surface area contributed by atoms with Crippen molar-refractivity contribution in [3.05, 3.63) is 60.4 Å². The first-order valence-corrected chi connectivity index (χ1v) is 8.80. The number of hydrogen-bond acceptors (Lipinski definition) is 6. The van der Waals surface area contributed by atoms with E-state index in [1.54, 1.807) is 36.2 Å². The van der Waals surface area contributed by atoms with E-state index in [1.807, 2.05) is 6.07 Å². The van der Waals surface area contributed by atoms with Crippen LogP contribution in [0.2, 0.25) is 0 Å². The zero-order valence-electron chi connectivity index (χ0n) is 15.5. The molecule has 1 atom stereocenters. The Morgan fingerprint density at radius 2 is 2.00 bits per heavy atom. The molecule has 2 aromatic rings. The highest BCUT2D eigenvalue weighted by Gasteiger charge is 2.27. The molecule has 1 N–H and O–H groups in total. The third kappa shape index (κ3) is 4.15. The number of hydrogen-bond donors (Lipinski definition) is 1. The molecule has 8 heteroatoms. The number of nitriles is 1. The molecule has 0 bridgehead atoms. The predicted octanol–water partition coefficient (Wildman–Crippen LogP) is 1.82. The Kier molecular flexibility index (Phi) is 5.65. The number of likely N-dealkylation sites (tertiary alicyclic amines) is 1. The minimum absolute atomic E-state index is 0.0486. The SMILES string of the molecule is C=CC(=O)N(C)c1ccc(C(=O)N2CCC(Nc3ncc(C#N)cn3)C2)cc1. The van der Waals surface area contributed by atoms with E-state index >= 15 is 0 Å². The van der Waals surface area contributed by atoms with Crippen molar-refractivity contribution >= 4 is 23.5 Å². The highest BCUT2D eigenvalue weighted by Crippen LogP contribution is 2.19. The standard InChI is InChI=1S/C20H20N6O2/c1-3-18(27)25(2)17-6-4-15(5-7-17)19(28)26-9-8-16(13-26)24-20-22-11-14(10-21)12-23-20/h3-7,11-12,16H,1,8-9,13H2,2H3,(H,22,23,24). The van der Waals surface area contributed by atoms with Gasteiger partial charge in [0.15, 0.2) is 0 Å². The van der Waals surface area contributed by atoms with Gasteiger partial charge in [0.25, 0.3) is 5.91 Å². The topological polar surface area (TPSA) is 102 Å². The van der Waals surface area contributed by atoms with Gasteiger partial charge in [0.1, 0.15) is 6.07 Å². The number of carbonyl (C=O) groups excluding carboxylic acids is 2. The van der Waals surface area contributed by atoms with Crippen LogP contribution in [-0.4, -0.2) is 52.9 Å². The summed E-state index contributed by atoms with van der Waals surface area (Å²) in [5.74, 6) is 0.171. The lowest BCUT2D eigenvalue weighted by atomic mass is 10.1. The van der Waals surface area contributed by atoms with Gasteiger partial charge < -0.3 is 15.1 Å². The molecule has 3 rings (SSSR count). The van der Waals surface area contributed by atoms with Crippen LogP contribution in [0.25, 0.3) is 0 Å². The first-order chi connectivity index (χ1) is 13.5. The van der Waals surface area contributed by atoms with Gasteiger partial charge in [0.2, 0.25) is 11.9 Å². The Morgan fingerprint density at radius 1 is 1.32 bits per heavy atom. The number of benzene rings is 1. The smallest absolute Gasteiger partial charge is 0.253 e. The average Bonchev–Trinajstić information content (AvgIpc) is 3.21. The molecule has 142 valence electrons. The van der Waals surface area contributed by atoms with Gasteiger partial charge in [-0.2, -0.15) is 5.26 Å². The zero-order valence-corrected chi connectivity index (χ0v) is 15.5. The highest BCUT2D eigenvalue weighted by molar-refractivity contribution is 6.01. The molecular weight excluding hydrogens is 356 g/mol. The number of anilines is 2. The number of rotatable bonds is 5. The largest absolute Gasteiger partial charge is 0.350 e. The van der Waals surface area contributed by atoms with Crippen molar-refractivity contribution in [2.24, 2.45) is 0 Å². The second kappa shape index (κ2) is 8.31. The number of aromatic nitrogens is 2. The van der Waals surface area contributed by atoms with Gasteiger partial charge >= 0.3 is 0 Å². The second-order valence-electron chi connectivity index (χ2n) is 6.44. The van der Waals surface area contributed by atoms with Gasteiger partial charge in [-0.3, -0.25) is 9.59 Å². The summed E-state index contributed by atoms with van der Waals surface area (Å²) >= 11 is 0. The number of likely N-dealkylation sites (N-methyl/N-ethyl adjacent to an activating group) is 1. The lowest BCUT2D eigenvalue weighted by molar-refractivity contribution is -0.113. The molecule has 1 fully saturated rings. The Hall–Kier alpha value is -3.73. The van der Waals surface area contributed by atoms with Crippen LogP contribution in [0.3, 0.4) is 0 Å². The molecule has 0 aliphatic carbocycles. The summed E-state index contributed by atoms with van der Waals surface area (Å²) in [4.78, 5) is 35.8. The van der Waals surface area contributed by atoms with Gasteiger partial charge in [0.05, 0.1) is 18.0 Å².